The van der Waals surface area contributed by atoms with Crippen LogP contribution in [0.3, 0.4) is 0 Å². The third kappa shape index (κ3) is 4.89. The summed E-state index contributed by atoms with van der Waals surface area (Å²) in [5.41, 5.74) is 2.38. The van der Waals surface area contributed by atoms with Gasteiger partial charge in [0.15, 0.2) is 0 Å². The van der Waals surface area contributed by atoms with E-state index < -0.39 is 0 Å². The molecule has 1 aromatic heterocycles. The monoisotopic (exact) mass is 314 g/mol. The number of nitrogens with one attached hydrogen (secondary N) is 1. The van der Waals surface area contributed by atoms with Gasteiger partial charge in [-0.15, -0.1) is 0 Å². The molecule has 2 aromatic rings. The summed E-state index contributed by atoms with van der Waals surface area (Å²) >= 11 is 0. The fourth-order valence-corrected chi connectivity index (χ4v) is 3.03. The van der Waals surface area contributed by atoms with Gasteiger partial charge in [-0.2, -0.15) is 5.10 Å². The van der Waals surface area contributed by atoms with Crippen molar-refractivity contribution < 1.29 is 5.11 Å². The molecule has 1 saturated heterocycles. The summed E-state index contributed by atoms with van der Waals surface area (Å²) in [6.45, 7) is 5.09. The Labute approximate surface area is 137 Å². The molecular formula is C18H26N4O. The van der Waals surface area contributed by atoms with Gasteiger partial charge in [0.1, 0.15) is 0 Å². The predicted octanol–water partition coefficient (Wildman–Crippen LogP) is 1.81. The zero-order valence-electron chi connectivity index (χ0n) is 13.6. The summed E-state index contributed by atoms with van der Waals surface area (Å²) in [6.07, 6.45) is 6.68. The number of piperidine rings is 1. The van der Waals surface area contributed by atoms with E-state index in [9.17, 15) is 5.11 Å². The number of hydrogen-bond acceptors (Lipinski definition) is 4. The van der Waals surface area contributed by atoms with Gasteiger partial charge >= 0.3 is 0 Å². The first kappa shape index (κ1) is 16.2. The van der Waals surface area contributed by atoms with Gasteiger partial charge in [0, 0.05) is 32.0 Å². The minimum atomic E-state index is -0.0774. The molecular weight excluding hydrogens is 288 g/mol. The minimum Gasteiger partial charge on any atom is -0.393 e. The van der Waals surface area contributed by atoms with Crippen molar-refractivity contribution in [3.63, 3.8) is 0 Å². The van der Waals surface area contributed by atoms with Crippen molar-refractivity contribution >= 4 is 0 Å². The van der Waals surface area contributed by atoms with Crippen LogP contribution in [0.25, 0.3) is 5.69 Å². The summed E-state index contributed by atoms with van der Waals surface area (Å²) in [6, 6.07) is 10.4. The lowest BCUT2D eigenvalue weighted by Gasteiger charge is -2.29. The fraction of sp³-hybridized carbons (Fsp3) is 0.500. The molecule has 1 fully saturated rings. The van der Waals surface area contributed by atoms with Crippen molar-refractivity contribution in [3.8, 4) is 5.69 Å². The van der Waals surface area contributed by atoms with Gasteiger partial charge in [0.2, 0.25) is 0 Å². The Hall–Kier alpha value is -1.69. The van der Waals surface area contributed by atoms with Crippen LogP contribution in [0.15, 0.2) is 42.7 Å². The standard InChI is InChI=1S/C18H26N4O/c23-18-6-12-21(13-7-18)10-2-8-19-15-16-4-1-5-17(14-16)22-11-3-9-20-22/h1,3-5,9,11,14,18-19,23H,2,6-8,10,12-13,15H2. The van der Waals surface area contributed by atoms with Crippen molar-refractivity contribution in [2.24, 2.45) is 0 Å². The zero-order valence-corrected chi connectivity index (χ0v) is 13.6. The summed E-state index contributed by atoms with van der Waals surface area (Å²) in [7, 11) is 0. The average molecular weight is 314 g/mol. The van der Waals surface area contributed by atoms with Crippen LogP contribution < -0.4 is 5.32 Å². The quantitative estimate of drug-likeness (QED) is 0.765. The van der Waals surface area contributed by atoms with E-state index in [0.717, 1.165) is 57.7 Å². The maximum atomic E-state index is 9.51. The average Bonchev–Trinajstić information content (AvgIpc) is 3.11. The van der Waals surface area contributed by atoms with Crippen molar-refractivity contribution in [2.75, 3.05) is 26.2 Å². The Bertz CT molecular complexity index is 576. The Morgan fingerprint density at radius 2 is 2.09 bits per heavy atom. The van der Waals surface area contributed by atoms with Crippen molar-refractivity contribution in [1.82, 2.24) is 20.0 Å². The van der Waals surface area contributed by atoms with Gasteiger partial charge in [-0.05, 0) is 56.1 Å². The van der Waals surface area contributed by atoms with E-state index >= 15 is 0 Å². The van der Waals surface area contributed by atoms with E-state index in [0.29, 0.717) is 0 Å². The largest absolute Gasteiger partial charge is 0.393 e. The van der Waals surface area contributed by atoms with Crippen LogP contribution in [0, 0.1) is 0 Å². The molecule has 0 amide bonds. The molecule has 0 bridgehead atoms. The zero-order chi connectivity index (χ0) is 15.9. The maximum absolute atomic E-state index is 9.51. The molecule has 1 aliphatic heterocycles. The lowest BCUT2D eigenvalue weighted by atomic mass is 10.1. The molecule has 1 aromatic carbocycles. The summed E-state index contributed by atoms with van der Waals surface area (Å²) in [4.78, 5) is 2.45. The Morgan fingerprint density at radius 1 is 1.22 bits per heavy atom. The van der Waals surface area contributed by atoms with Crippen molar-refractivity contribution in [2.45, 2.75) is 31.9 Å². The smallest absolute Gasteiger partial charge is 0.0648 e. The minimum absolute atomic E-state index is 0.0774. The van der Waals surface area contributed by atoms with E-state index in [1.807, 2.05) is 16.9 Å². The second-order valence-corrected chi connectivity index (χ2v) is 6.22. The molecule has 0 unspecified atom stereocenters. The van der Waals surface area contributed by atoms with Crippen LogP contribution in [0.4, 0.5) is 0 Å². The topological polar surface area (TPSA) is 53.3 Å². The highest BCUT2D eigenvalue weighted by molar-refractivity contribution is 5.34. The van der Waals surface area contributed by atoms with E-state index in [-0.39, 0.29) is 6.10 Å². The van der Waals surface area contributed by atoms with E-state index in [1.54, 1.807) is 6.20 Å². The van der Waals surface area contributed by atoms with Crippen LogP contribution in [-0.2, 0) is 6.54 Å². The molecule has 5 heteroatoms. The number of likely N-dealkylation sites (tertiary alicyclic amines) is 1. The van der Waals surface area contributed by atoms with Crippen LogP contribution in [0.1, 0.15) is 24.8 Å². The summed E-state index contributed by atoms with van der Waals surface area (Å²) < 4.78 is 1.88. The summed E-state index contributed by atoms with van der Waals surface area (Å²) in [5, 5.41) is 17.3. The molecule has 2 N–H and O–H groups in total. The van der Waals surface area contributed by atoms with Crippen LogP contribution in [-0.4, -0.2) is 52.1 Å². The molecule has 0 spiro atoms. The van der Waals surface area contributed by atoms with E-state index in [1.165, 1.54) is 5.56 Å². The number of rotatable bonds is 7. The van der Waals surface area contributed by atoms with Gasteiger partial charge in [-0.3, -0.25) is 0 Å². The van der Waals surface area contributed by atoms with Crippen molar-refractivity contribution in [1.29, 1.82) is 0 Å². The predicted molar refractivity (Wildman–Crippen MR) is 91.6 cm³/mol. The third-order valence-electron chi connectivity index (χ3n) is 4.39. The number of aliphatic hydroxyl groups excluding tert-OH is 1. The summed E-state index contributed by atoms with van der Waals surface area (Å²) in [5.74, 6) is 0. The third-order valence-corrected chi connectivity index (χ3v) is 4.39. The van der Waals surface area contributed by atoms with Gasteiger partial charge in [0.25, 0.3) is 0 Å². The van der Waals surface area contributed by atoms with Gasteiger partial charge in [-0.25, -0.2) is 4.68 Å². The Morgan fingerprint density at radius 3 is 2.87 bits per heavy atom. The highest BCUT2D eigenvalue weighted by Crippen LogP contribution is 2.11. The molecule has 124 valence electrons. The van der Waals surface area contributed by atoms with E-state index in [2.05, 4.69) is 39.6 Å². The first-order valence-electron chi connectivity index (χ1n) is 8.51. The number of aromatic nitrogens is 2. The molecule has 0 aliphatic carbocycles. The van der Waals surface area contributed by atoms with Crippen molar-refractivity contribution in [3.05, 3.63) is 48.3 Å². The molecule has 0 atom stereocenters. The first-order chi connectivity index (χ1) is 11.3. The van der Waals surface area contributed by atoms with Crippen LogP contribution >= 0.6 is 0 Å². The number of aliphatic hydroxyl groups is 1. The Balaban J connectivity index is 1.37. The maximum Gasteiger partial charge on any atom is 0.0648 e. The molecule has 5 nitrogen and oxygen atoms in total. The highest BCUT2D eigenvalue weighted by Gasteiger charge is 2.15. The lowest BCUT2D eigenvalue weighted by Crippen LogP contribution is -2.37. The Kier molecular flexibility index (Phi) is 5.80. The number of benzene rings is 1. The SMILES string of the molecule is OC1CCN(CCCNCc2cccc(-n3cccn3)c2)CC1. The second kappa shape index (κ2) is 8.24. The molecule has 23 heavy (non-hydrogen) atoms. The molecule has 0 radical (unpaired) electrons. The van der Waals surface area contributed by atoms with Crippen LogP contribution in [0.2, 0.25) is 0 Å². The first-order valence-corrected chi connectivity index (χ1v) is 8.51. The number of hydrogen-bond donors (Lipinski definition) is 2. The van der Waals surface area contributed by atoms with Crippen LogP contribution in [0.5, 0.6) is 0 Å². The van der Waals surface area contributed by atoms with E-state index in [4.69, 9.17) is 0 Å². The number of nitrogens with zero attached hydrogens (tertiary/aromatic N) is 3. The second-order valence-electron chi connectivity index (χ2n) is 6.22. The normalized spacial score (nSPS) is 16.7. The molecule has 0 saturated carbocycles. The molecule has 3 rings (SSSR count). The molecule has 1 aliphatic rings. The van der Waals surface area contributed by atoms with Gasteiger partial charge < -0.3 is 15.3 Å². The highest BCUT2D eigenvalue weighted by atomic mass is 16.3. The lowest BCUT2D eigenvalue weighted by molar-refractivity contribution is 0.0821. The van der Waals surface area contributed by atoms with Gasteiger partial charge in [-0.1, -0.05) is 12.1 Å². The fourth-order valence-electron chi connectivity index (χ4n) is 3.03. The molecule has 2 heterocycles. The van der Waals surface area contributed by atoms with Gasteiger partial charge in [0.05, 0.1) is 11.8 Å².